The van der Waals surface area contributed by atoms with Crippen LogP contribution in [0.2, 0.25) is 0 Å². The summed E-state index contributed by atoms with van der Waals surface area (Å²) in [6.45, 7) is 4.85. The first-order chi connectivity index (χ1) is 34.0. The van der Waals surface area contributed by atoms with Crippen molar-refractivity contribution >= 4 is 11.9 Å². The fourth-order valence-electron chi connectivity index (χ4n) is 9.15. The number of allylic oxidation sites excluding steroid dienone is 7. The Morgan fingerprint density at radius 1 is 0.406 bits per heavy atom. The summed E-state index contributed by atoms with van der Waals surface area (Å²) in [7, 11) is 0. The maximum atomic E-state index is 12.5. The van der Waals surface area contributed by atoms with E-state index in [4.69, 9.17) is 4.74 Å². The van der Waals surface area contributed by atoms with E-state index in [0.717, 1.165) is 77.0 Å². The molecule has 0 aromatic rings. The van der Waals surface area contributed by atoms with Crippen molar-refractivity contribution in [3.63, 3.8) is 0 Å². The Kier molecular flexibility index (Phi) is 56.5. The molecule has 6 nitrogen and oxygen atoms in total. The molecule has 0 saturated heterocycles. The molecule has 0 aliphatic rings. The van der Waals surface area contributed by atoms with Gasteiger partial charge in [0.15, 0.2) is 0 Å². The number of amides is 1. The van der Waals surface area contributed by atoms with E-state index in [1.165, 1.54) is 212 Å². The van der Waals surface area contributed by atoms with E-state index in [0.29, 0.717) is 19.4 Å². The van der Waals surface area contributed by atoms with Gasteiger partial charge in [0.25, 0.3) is 0 Å². The number of carbonyl (C=O) groups is 2. The second-order valence-electron chi connectivity index (χ2n) is 20.7. The molecule has 3 N–H and O–H groups in total. The lowest BCUT2D eigenvalue weighted by Crippen LogP contribution is -2.45. The number of aliphatic hydroxyl groups excluding tert-OH is 2. The van der Waals surface area contributed by atoms with Crippen molar-refractivity contribution in [2.75, 3.05) is 13.2 Å². The van der Waals surface area contributed by atoms with Crippen LogP contribution < -0.4 is 5.32 Å². The van der Waals surface area contributed by atoms with Gasteiger partial charge in [0.05, 0.1) is 25.4 Å². The van der Waals surface area contributed by atoms with Crippen LogP contribution >= 0.6 is 0 Å². The van der Waals surface area contributed by atoms with Gasteiger partial charge in [-0.2, -0.15) is 0 Å². The molecule has 0 heterocycles. The zero-order valence-corrected chi connectivity index (χ0v) is 46.0. The molecule has 0 aliphatic carbocycles. The second-order valence-corrected chi connectivity index (χ2v) is 20.7. The number of ether oxygens (including phenoxy) is 1. The number of rotatable bonds is 56. The molecule has 6 heteroatoms. The normalized spacial score (nSPS) is 12.9. The third-order valence-corrected chi connectivity index (χ3v) is 13.8. The van der Waals surface area contributed by atoms with E-state index in [1.54, 1.807) is 6.08 Å². The van der Waals surface area contributed by atoms with Crippen molar-refractivity contribution in [2.24, 2.45) is 0 Å². The molecule has 0 fully saturated rings. The van der Waals surface area contributed by atoms with Gasteiger partial charge in [-0.15, -0.1) is 0 Å². The minimum Gasteiger partial charge on any atom is -0.466 e. The Labute approximate surface area is 429 Å². The Morgan fingerprint density at radius 3 is 1.12 bits per heavy atom. The van der Waals surface area contributed by atoms with Gasteiger partial charge in [-0.05, 0) is 89.9 Å². The molecule has 0 aromatic carbocycles. The molecular formula is C63H117NO5. The lowest BCUT2D eigenvalue weighted by atomic mass is 10.0. The molecule has 2 atom stereocenters. The molecule has 69 heavy (non-hydrogen) atoms. The maximum Gasteiger partial charge on any atom is 0.305 e. The molecule has 0 spiro atoms. The molecule has 0 bridgehead atoms. The van der Waals surface area contributed by atoms with E-state index >= 15 is 0 Å². The topological polar surface area (TPSA) is 95.9 Å². The first-order valence-electron chi connectivity index (χ1n) is 30.4. The molecule has 0 aromatic heterocycles. The lowest BCUT2D eigenvalue weighted by molar-refractivity contribution is -0.143. The second kappa shape index (κ2) is 58.4. The predicted molar refractivity (Wildman–Crippen MR) is 301 cm³/mol. The maximum absolute atomic E-state index is 12.5. The van der Waals surface area contributed by atoms with Crippen LogP contribution in [0, 0.1) is 0 Å². The first kappa shape index (κ1) is 66.8. The summed E-state index contributed by atoms with van der Waals surface area (Å²) >= 11 is 0. The summed E-state index contributed by atoms with van der Waals surface area (Å²) in [5.74, 6) is -0.113. The average molecular weight is 969 g/mol. The summed E-state index contributed by atoms with van der Waals surface area (Å²) in [6, 6.07) is -0.646. The highest BCUT2D eigenvalue weighted by Gasteiger charge is 2.18. The van der Waals surface area contributed by atoms with E-state index in [-0.39, 0.29) is 18.5 Å². The largest absolute Gasteiger partial charge is 0.466 e. The number of aliphatic hydroxyl groups is 2. The summed E-state index contributed by atoms with van der Waals surface area (Å²) < 4.78 is 5.46. The molecular weight excluding hydrogens is 851 g/mol. The average Bonchev–Trinajstić information content (AvgIpc) is 3.35. The van der Waals surface area contributed by atoms with Crippen molar-refractivity contribution in [2.45, 2.75) is 328 Å². The monoisotopic (exact) mass is 968 g/mol. The van der Waals surface area contributed by atoms with Gasteiger partial charge < -0.3 is 20.3 Å². The molecule has 0 saturated carbocycles. The van der Waals surface area contributed by atoms with Crippen LogP contribution in [0.4, 0.5) is 0 Å². The fraction of sp³-hybridized carbons (Fsp3) is 0.841. The lowest BCUT2D eigenvalue weighted by Gasteiger charge is -2.20. The smallest absolute Gasteiger partial charge is 0.305 e. The number of unbranched alkanes of at least 4 members (excludes halogenated alkanes) is 40. The van der Waals surface area contributed by atoms with Crippen LogP contribution in [-0.2, 0) is 14.3 Å². The fourth-order valence-corrected chi connectivity index (χ4v) is 9.15. The van der Waals surface area contributed by atoms with Crippen molar-refractivity contribution < 1.29 is 24.5 Å². The van der Waals surface area contributed by atoms with Crippen molar-refractivity contribution in [1.29, 1.82) is 0 Å². The summed E-state index contributed by atoms with van der Waals surface area (Å²) in [6.07, 6.45) is 74.3. The number of carbonyl (C=O) groups excluding carboxylic acids is 2. The Balaban J connectivity index is 3.53. The zero-order valence-electron chi connectivity index (χ0n) is 46.0. The van der Waals surface area contributed by atoms with Crippen LogP contribution in [0.3, 0.4) is 0 Å². The molecule has 0 radical (unpaired) electrons. The van der Waals surface area contributed by atoms with E-state index < -0.39 is 12.1 Å². The highest BCUT2D eigenvalue weighted by atomic mass is 16.5. The van der Waals surface area contributed by atoms with Gasteiger partial charge in [-0.3, -0.25) is 9.59 Å². The Morgan fingerprint density at radius 2 is 0.725 bits per heavy atom. The van der Waals surface area contributed by atoms with Gasteiger partial charge in [0, 0.05) is 12.8 Å². The van der Waals surface area contributed by atoms with Crippen LogP contribution in [0.5, 0.6) is 0 Å². The van der Waals surface area contributed by atoms with Crippen LogP contribution in [-0.4, -0.2) is 47.4 Å². The number of hydrogen-bond donors (Lipinski definition) is 3. The van der Waals surface area contributed by atoms with Crippen molar-refractivity contribution in [1.82, 2.24) is 5.32 Å². The van der Waals surface area contributed by atoms with Gasteiger partial charge in [0.1, 0.15) is 0 Å². The predicted octanol–water partition coefficient (Wildman–Crippen LogP) is 19.0. The minimum absolute atomic E-state index is 0.0234. The van der Waals surface area contributed by atoms with Gasteiger partial charge in [0.2, 0.25) is 5.91 Å². The Bertz CT molecular complexity index is 1160. The molecule has 2 unspecified atom stereocenters. The number of esters is 1. The summed E-state index contributed by atoms with van der Waals surface area (Å²) in [4.78, 5) is 24.6. The number of nitrogens with one attached hydrogen (secondary N) is 1. The highest BCUT2D eigenvalue weighted by Crippen LogP contribution is 2.16. The van der Waals surface area contributed by atoms with Crippen LogP contribution in [0.1, 0.15) is 316 Å². The van der Waals surface area contributed by atoms with Gasteiger partial charge >= 0.3 is 5.97 Å². The highest BCUT2D eigenvalue weighted by molar-refractivity contribution is 5.76. The molecule has 0 rings (SSSR count). The van der Waals surface area contributed by atoms with Gasteiger partial charge in [-0.1, -0.05) is 262 Å². The summed E-state index contributed by atoms with van der Waals surface area (Å²) in [5, 5.41) is 23.1. The van der Waals surface area contributed by atoms with Crippen molar-refractivity contribution in [3.8, 4) is 0 Å². The molecule has 0 aliphatic heterocycles. The van der Waals surface area contributed by atoms with E-state index in [1.807, 2.05) is 6.08 Å². The molecule has 404 valence electrons. The quantitative estimate of drug-likeness (QED) is 0.0244. The third kappa shape index (κ3) is 55.0. The van der Waals surface area contributed by atoms with E-state index in [9.17, 15) is 19.8 Å². The zero-order chi connectivity index (χ0) is 50.0. The van der Waals surface area contributed by atoms with Crippen LogP contribution in [0.15, 0.2) is 48.6 Å². The SMILES string of the molecule is CCCCCCCC/C=C\CCCCCCCCCCCC(=O)OCCCCC/C=C\C=C/CCCCCCCCC(=O)NC(CO)C(O)/C=C/CCCCCCCCCCCCCCCCCC. The molecule has 1 amide bonds. The number of hydrogen-bond acceptors (Lipinski definition) is 5. The van der Waals surface area contributed by atoms with Crippen LogP contribution in [0.25, 0.3) is 0 Å². The standard InChI is InChI=1S/C63H117NO5/c1-3-5-7-9-11-13-15-17-19-21-23-25-29-33-37-41-45-49-53-57-63(68)69-58-54-50-46-42-38-34-30-26-28-32-36-40-44-48-52-56-62(67)64-60(59-65)61(66)55-51-47-43-39-35-31-27-24-22-20-18-16-14-12-10-8-6-4-2/h17,19,26,30,34,38,51,55,60-61,65-66H,3-16,18,20-25,27-29,31-33,35-37,39-50,52-54,56-59H2,1-2H3,(H,64,67)/b19-17-,30-26-,38-34-,55-51+. The summed E-state index contributed by atoms with van der Waals surface area (Å²) in [5.41, 5.74) is 0. The Hall–Kier alpha value is -2.18. The minimum atomic E-state index is -0.860. The van der Waals surface area contributed by atoms with Gasteiger partial charge in [-0.25, -0.2) is 0 Å². The van der Waals surface area contributed by atoms with E-state index in [2.05, 4.69) is 55.6 Å². The van der Waals surface area contributed by atoms with Crippen molar-refractivity contribution in [3.05, 3.63) is 48.6 Å². The third-order valence-electron chi connectivity index (χ3n) is 13.8. The first-order valence-corrected chi connectivity index (χ1v) is 30.4.